The Labute approximate surface area is 218 Å². The fourth-order valence-electron chi connectivity index (χ4n) is 5.03. The van der Waals surface area contributed by atoms with E-state index in [-0.39, 0.29) is 30.8 Å². The number of alkyl halides is 3. The number of halogens is 3. The molecule has 0 bridgehead atoms. The van der Waals surface area contributed by atoms with Gasteiger partial charge < -0.3 is 19.7 Å². The van der Waals surface area contributed by atoms with E-state index >= 15 is 0 Å². The second kappa shape index (κ2) is 11.2. The van der Waals surface area contributed by atoms with Gasteiger partial charge in [-0.05, 0) is 48.2 Å². The van der Waals surface area contributed by atoms with Gasteiger partial charge in [-0.15, -0.1) is 0 Å². The van der Waals surface area contributed by atoms with E-state index in [4.69, 9.17) is 9.47 Å². The number of hydrogen-bond acceptors (Lipinski definition) is 6. The maximum absolute atomic E-state index is 13.1. The van der Waals surface area contributed by atoms with Crippen LogP contribution < -0.4 is 5.32 Å². The number of ether oxygens (including phenoxy) is 2. The standard InChI is InChI=1S/C27H29F3N4O4/c28-27(29,30)20-5-4-18-6-9-33(26(36)23(18)11-20)15-25(35)32-12-19-13-34(22-7-10-37-17-22)14-24(19)38-16-21-3-1-2-8-31-21/h1-5,8,11-12,22,24H,6-7,9-10,13-17H2,(H,32,35)/b19-12-/t22?,24-/m0/s1. The van der Waals surface area contributed by atoms with Crippen molar-refractivity contribution in [3.8, 4) is 0 Å². The minimum absolute atomic E-state index is 0.00886. The average molecular weight is 531 g/mol. The van der Waals surface area contributed by atoms with E-state index < -0.39 is 23.6 Å². The van der Waals surface area contributed by atoms with Crippen LogP contribution in [0.4, 0.5) is 13.2 Å². The number of benzene rings is 1. The lowest BCUT2D eigenvalue weighted by Crippen LogP contribution is -2.43. The van der Waals surface area contributed by atoms with Crippen molar-refractivity contribution in [1.29, 1.82) is 0 Å². The molecule has 2 fully saturated rings. The van der Waals surface area contributed by atoms with Gasteiger partial charge in [-0.3, -0.25) is 19.5 Å². The summed E-state index contributed by atoms with van der Waals surface area (Å²) in [7, 11) is 0. The van der Waals surface area contributed by atoms with Gasteiger partial charge in [0, 0.05) is 50.2 Å². The number of hydrogen-bond donors (Lipinski definition) is 1. The molecule has 11 heteroatoms. The molecule has 2 saturated heterocycles. The third kappa shape index (κ3) is 6.06. The zero-order chi connectivity index (χ0) is 26.7. The van der Waals surface area contributed by atoms with Crippen molar-refractivity contribution >= 4 is 11.8 Å². The zero-order valence-corrected chi connectivity index (χ0v) is 20.7. The Balaban J connectivity index is 1.23. The maximum Gasteiger partial charge on any atom is 0.416 e. The van der Waals surface area contributed by atoms with Crippen molar-refractivity contribution in [3.63, 3.8) is 0 Å². The van der Waals surface area contributed by atoms with Crippen molar-refractivity contribution in [2.45, 2.75) is 37.8 Å². The van der Waals surface area contributed by atoms with E-state index in [1.807, 2.05) is 18.2 Å². The van der Waals surface area contributed by atoms with Gasteiger partial charge in [-0.2, -0.15) is 13.2 Å². The molecule has 0 spiro atoms. The first kappa shape index (κ1) is 26.3. The number of nitrogens with one attached hydrogen (secondary N) is 1. The number of rotatable bonds is 7. The van der Waals surface area contributed by atoms with Crippen molar-refractivity contribution in [2.75, 3.05) is 39.4 Å². The van der Waals surface area contributed by atoms with Crippen LogP contribution in [0.2, 0.25) is 0 Å². The molecular weight excluding hydrogens is 501 g/mol. The van der Waals surface area contributed by atoms with E-state index in [1.165, 1.54) is 11.0 Å². The third-order valence-electron chi connectivity index (χ3n) is 7.14. The number of nitrogens with zero attached hydrogens (tertiary/aromatic N) is 3. The van der Waals surface area contributed by atoms with Crippen LogP contribution in [0.5, 0.6) is 0 Å². The highest BCUT2D eigenvalue weighted by molar-refractivity contribution is 5.99. The number of fused-ring (bicyclic) bond motifs is 1. The monoisotopic (exact) mass is 530 g/mol. The van der Waals surface area contributed by atoms with Gasteiger partial charge in [0.05, 0.1) is 30.6 Å². The van der Waals surface area contributed by atoms with Gasteiger partial charge in [-0.1, -0.05) is 12.1 Å². The fraction of sp³-hybridized carbons (Fsp3) is 0.444. The molecule has 8 nitrogen and oxygen atoms in total. The van der Waals surface area contributed by atoms with Crippen LogP contribution in [-0.4, -0.2) is 78.1 Å². The normalized spacial score (nSPS) is 23.2. The second-order valence-corrected chi connectivity index (χ2v) is 9.70. The molecule has 1 N–H and O–H groups in total. The van der Waals surface area contributed by atoms with Gasteiger partial charge in [0.15, 0.2) is 0 Å². The predicted molar refractivity (Wildman–Crippen MR) is 131 cm³/mol. The quantitative estimate of drug-likeness (QED) is 0.593. The van der Waals surface area contributed by atoms with Crippen LogP contribution in [0, 0.1) is 0 Å². The SMILES string of the molecule is O=C(CN1CCc2ccc(C(F)(F)F)cc2C1=O)N/C=C1/CN(C2CCOC2)C[C@@H]1OCc1ccccn1. The lowest BCUT2D eigenvalue weighted by molar-refractivity contribution is -0.137. The number of likely N-dealkylation sites (tertiary alicyclic amines) is 1. The molecule has 202 valence electrons. The number of carbonyl (C=O) groups excluding carboxylic acids is 2. The third-order valence-corrected chi connectivity index (χ3v) is 7.14. The highest BCUT2D eigenvalue weighted by Gasteiger charge is 2.36. The van der Waals surface area contributed by atoms with E-state index in [2.05, 4.69) is 15.2 Å². The largest absolute Gasteiger partial charge is 0.416 e. The topological polar surface area (TPSA) is 84.0 Å². The van der Waals surface area contributed by atoms with Gasteiger partial charge in [-0.25, -0.2) is 0 Å². The van der Waals surface area contributed by atoms with Crippen molar-refractivity contribution < 1.29 is 32.2 Å². The van der Waals surface area contributed by atoms with Crippen LogP contribution >= 0.6 is 0 Å². The second-order valence-electron chi connectivity index (χ2n) is 9.70. The summed E-state index contributed by atoms with van der Waals surface area (Å²) >= 11 is 0. The summed E-state index contributed by atoms with van der Waals surface area (Å²) in [5.41, 5.74) is 1.36. The molecule has 1 unspecified atom stereocenters. The summed E-state index contributed by atoms with van der Waals surface area (Å²) < 4.78 is 51.1. The Morgan fingerprint density at radius 2 is 2.13 bits per heavy atom. The van der Waals surface area contributed by atoms with Crippen LogP contribution in [0.25, 0.3) is 0 Å². The summed E-state index contributed by atoms with van der Waals surface area (Å²) in [6, 6.07) is 9.08. The molecule has 2 atom stereocenters. The predicted octanol–water partition coefficient (Wildman–Crippen LogP) is 2.79. The van der Waals surface area contributed by atoms with Gasteiger partial charge in [0.1, 0.15) is 6.54 Å². The van der Waals surface area contributed by atoms with Crippen molar-refractivity contribution in [3.05, 3.63) is 76.8 Å². The van der Waals surface area contributed by atoms with E-state index in [9.17, 15) is 22.8 Å². The summed E-state index contributed by atoms with van der Waals surface area (Å²) in [4.78, 5) is 33.5. The zero-order valence-electron chi connectivity index (χ0n) is 20.7. The summed E-state index contributed by atoms with van der Waals surface area (Å²) in [6.45, 7) is 2.97. The first-order valence-corrected chi connectivity index (χ1v) is 12.6. The molecule has 2 aromatic rings. The first-order valence-electron chi connectivity index (χ1n) is 12.6. The molecule has 0 aliphatic carbocycles. The molecule has 3 aliphatic heterocycles. The number of aromatic nitrogens is 1. The van der Waals surface area contributed by atoms with Crippen LogP contribution in [0.15, 0.2) is 54.4 Å². The number of amides is 2. The van der Waals surface area contributed by atoms with E-state index in [0.717, 1.165) is 29.8 Å². The molecule has 38 heavy (non-hydrogen) atoms. The first-order chi connectivity index (χ1) is 18.3. The molecule has 1 aromatic heterocycles. The number of pyridine rings is 1. The Bertz CT molecular complexity index is 1200. The summed E-state index contributed by atoms with van der Waals surface area (Å²) in [6.07, 6.45) is -0.142. The minimum atomic E-state index is -4.55. The van der Waals surface area contributed by atoms with Crippen molar-refractivity contribution in [2.24, 2.45) is 0 Å². The van der Waals surface area contributed by atoms with Crippen molar-refractivity contribution in [1.82, 2.24) is 20.1 Å². The minimum Gasteiger partial charge on any atom is -0.380 e. The van der Waals surface area contributed by atoms with Crippen LogP contribution in [-0.2, 0) is 33.5 Å². The molecule has 3 aliphatic rings. The van der Waals surface area contributed by atoms with Gasteiger partial charge in [0.2, 0.25) is 5.91 Å². The molecule has 4 heterocycles. The van der Waals surface area contributed by atoms with Gasteiger partial charge >= 0.3 is 6.18 Å². The molecule has 1 aromatic carbocycles. The van der Waals surface area contributed by atoms with Gasteiger partial charge in [0.25, 0.3) is 5.91 Å². The Kier molecular flexibility index (Phi) is 7.78. The Morgan fingerprint density at radius 3 is 2.87 bits per heavy atom. The van der Waals surface area contributed by atoms with Crippen LogP contribution in [0.3, 0.4) is 0 Å². The highest BCUT2D eigenvalue weighted by atomic mass is 19.4. The average Bonchev–Trinajstić information content (AvgIpc) is 3.58. The fourth-order valence-corrected chi connectivity index (χ4v) is 5.03. The Hall–Kier alpha value is -3.28. The number of carbonyl (C=O) groups is 2. The summed E-state index contributed by atoms with van der Waals surface area (Å²) in [5.74, 6) is -1.00. The smallest absolute Gasteiger partial charge is 0.380 e. The summed E-state index contributed by atoms with van der Waals surface area (Å²) in [5, 5.41) is 2.76. The molecule has 5 rings (SSSR count). The van der Waals surface area contributed by atoms with E-state index in [0.29, 0.717) is 44.9 Å². The highest BCUT2D eigenvalue weighted by Crippen LogP contribution is 2.32. The molecule has 0 saturated carbocycles. The van der Waals surface area contributed by atoms with E-state index in [1.54, 1.807) is 12.4 Å². The lowest BCUT2D eigenvalue weighted by atomic mass is 9.96. The maximum atomic E-state index is 13.1. The van der Waals surface area contributed by atoms with Crippen LogP contribution in [0.1, 0.15) is 33.6 Å². The molecular formula is C27H29F3N4O4. The Morgan fingerprint density at radius 1 is 1.26 bits per heavy atom. The lowest BCUT2D eigenvalue weighted by Gasteiger charge is -2.28. The molecule has 2 amide bonds. The molecule has 0 radical (unpaired) electrons.